The molecule has 1 aromatic rings. The van der Waals surface area contributed by atoms with E-state index in [9.17, 15) is 14.4 Å². The van der Waals surface area contributed by atoms with Crippen molar-refractivity contribution < 1.29 is 28.6 Å². The molecule has 1 rings (SSSR count). The second-order valence-corrected chi connectivity index (χ2v) is 6.33. The Balaban J connectivity index is 2.95. The van der Waals surface area contributed by atoms with Crippen molar-refractivity contribution in [1.29, 1.82) is 0 Å². The van der Waals surface area contributed by atoms with Crippen LogP contribution in [0.3, 0.4) is 0 Å². The fourth-order valence-corrected chi connectivity index (χ4v) is 1.96. The maximum atomic E-state index is 11.9. The third-order valence-electron chi connectivity index (χ3n) is 2.97. The second kappa shape index (κ2) is 8.36. The van der Waals surface area contributed by atoms with Gasteiger partial charge in [0.25, 0.3) is 0 Å². The number of rotatable bonds is 5. The second-order valence-electron chi connectivity index (χ2n) is 6.33. The number of hydrogen-bond acceptors (Lipinski definition) is 7. The Morgan fingerprint density at radius 3 is 2.40 bits per heavy atom. The van der Waals surface area contributed by atoms with Crippen molar-refractivity contribution in [1.82, 2.24) is 5.32 Å². The molecule has 0 aliphatic heterocycles. The van der Waals surface area contributed by atoms with Gasteiger partial charge in [-0.3, -0.25) is 4.79 Å². The van der Waals surface area contributed by atoms with Crippen molar-refractivity contribution in [2.45, 2.75) is 45.9 Å². The van der Waals surface area contributed by atoms with E-state index in [1.807, 2.05) is 0 Å². The maximum absolute atomic E-state index is 11.9. The highest BCUT2D eigenvalue weighted by atomic mass is 16.6. The summed E-state index contributed by atoms with van der Waals surface area (Å²) in [7, 11) is 1.18. The number of nitrogen functional groups attached to an aromatic ring is 1. The molecule has 0 radical (unpaired) electrons. The van der Waals surface area contributed by atoms with Crippen molar-refractivity contribution >= 4 is 23.7 Å². The summed E-state index contributed by atoms with van der Waals surface area (Å²) in [5, 5.41) is 2.60. The molecular weight excluding hydrogens is 328 g/mol. The summed E-state index contributed by atoms with van der Waals surface area (Å²) >= 11 is 0. The third kappa shape index (κ3) is 6.70. The molecule has 8 heteroatoms. The summed E-state index contributed by atoms with van der Waals surface area (Å²) < 4.78 is 14.8. The van der Waals surface area contributed by atoms with Crippen LogP contribution in [0.4, 0.5) is 10.5 Å². The average Bonchev–Trinajstić information content (AvgIpc) is 2.49. The molecule has 0 fully saturated rings. The van der Waals surface area contributed by atoms with Gasteiger partial charge in [-0.1, -0.05) is 6.07 Å². The zero-order valence-corrected chi connectivity index (χ0v) is 15.0. The first-order chi connectivity index (χ1) is 11.5. The molecule has 3 N–H and O–H groups in total. The van der Waals surface area contributed by atoms with E-state index in [0.717, 1.165) is 0 Å². The van der Waals surface area contributed by atoms with E-state index >= 15 is 0 Å². The van der Waals surface area contributed by atoms with Crippen molar-refractivity contribution in [2.24, 2.45) is 0 Å². The fraction of sp³-hybridized carbons (Fsp3) is 0.471. The minimum absolute atomic E-state index is 0.149. The molecule has 0 aliphatic carbocycles. The molecule has 0 saturated heterocycles. The number of alkyl carbamates (subject to hydrolysis) is 1. The molecule has 138 valence electrons. The SMILES string of the molecule is COC(=O)C(OC(C)=O)c1cc(CNC(=O)OC(C)(C)C)ccc1N. The quantitative estimate of drug-likeness (QED) is 0.473. The summed E-state index contributed by atoms with van der Waals surface area (Å²) in [4.78, 5) is 34.9. The summed E-state index contributed by atoms with van der Waals surface area (Å²) in [6.07, 6.45) is -1.85. The minimum atomic E-state index is -1.27. The molecule has 25 heavy (non-hydrogen) atoms. The summed E-state index contributed by atoms with van der Waals surface area (Å²) in [5.41, 5.74) is 6.47. The number of ether oxygens (including phenoxy) is 3. The number of anilines is 1. The molecule has 1 unspecified atom stereocenters. The Hall–Kier alpha value is -2.77. The van der Waals surface area contributed by atoms with Crippen LogP contribution < -0.4 is 11.1 Å². The van der Waals surface area contributed by atoms with Gasteiger partial charge in [-0.15, -0.1) is 0 Å². The lowest BCUT2D eigenvalue weighted by atomic mass is 10.0. The molecule has 0 saturated carbocycles. The van der Waals surface area contributed by atoms with Crippen LogP contribution in [0.1, 0.15) is 44.9 Å². The number of carbonyl (C=O) groups excluding carboxylic acids is 3. The molecule has 0 heterocycles. The summed E-state index contributed by atoms with van der Waals surface area (Å²) in [6, 6.07) is 4.80. The topological polar surface area (TPSA) is 117 Å². The van der Waals surface area contributed by atoms with Crippen LogP contribution in [-0.2, 0) is 30.3 Å². The smallest absolute Gasteiger partial charge is 0.407 e. The molecule has 1 amide bonds. The standard InChI is InChI=1S/C17H24N2O6/c1-10(20)24-14(15(21)23-5)12-8-11(6-7-13(12)18)9-19-16(22)25-17(2,3)4/h6-8,14H,9,18H2,1-5H3,(H,19,22). The Morgan fingerprint density at radius 2 is 1.88 bits per heavy atom. The zero-order chi connectivity index (χ0) is 19.2. The number of nitrogens with one attached hydrogen (secondary N) is 1. The predicted octanol–water partition coefficient (Wildman–Crippen LogP) is 2.07. The lowest BCUT2D eigenvalue weighted by molar-refractivity contribution is -0.165. The lowest BCUT2D eigenvalue weighted by Gasteiger charge is -2.20. The number of carbonyl (C=O) groups is 3. The molecule has 8 nitrogen and oxygen atoms in total. The van der Waals surface area contributed by atoms with Gasteiger partial charge in [0.2, 0.25) is 6.10 Å². The van der Waals surface area contributed by atoms with Gasteiger partial charge in [0.05, 0.1) is 7.11 Å². The highest BCUT2D eigenvalue weighted by molar-refractivity contribution is 5.82. The molecule has 0 bridgehead atoms. The predicted molar refractivity (Wildman–Crippen MR) is 90.5 cm³/mol. The van der Waals surface area contributed by atoms with Crippen molar-refractivity contribution in [3.05, 3.63) is 29.3 Å². The molecular formula is C17H24N2O6. The Bertz CT molecular complexity index is 651. The van der Waals surface area contributed by atoms with E-state index in [-0.39, 0.29) is 17.8 Å². The maximum Gasteiger partial charge on any atom is 0.407 e. The normalized spacial score (nSPS) is 12.0. The van der Waals surface area contributed by atoms with Gasteiger partial charge in [0.15, 0.2) is 0 Å². The molecule has 1 atom stereocenters. The van der Waals surface area contributed by atoms with Crippen LogP contribution in [0, 0.1) is 0 Å². The van der Waals surface area contributed by atoms with Gasteiger partial charge in [-0.05, 0) is 38.5 Å². The Kier molecular flexibility index (Phi) is 6.78. The van der Waals surface area contributed by atoms with Crippen LogP contribution in [0.5, 0.6) is 0 Å². The van der Waals surface area contributed by atoms with E-state index in [2.05, 4.69) is 10.1 Å². The zero-order valence-electron chi connectivity index (χ0n) is 15.0. The third-order valence-corrected chi connectivity index (χ3v) is 2.97. The minimum Gasteiger partial charge on any atom is -0.466 e. The van der Waals surface area contributed by atoms with Crippen LogP contribution in [0.15, 0.2) is 18.2 Å². The van der Waals surface area contributed by atoms with E-state index < -0.39 is 29.7 Å². The van der Waals surface area contributed by atoms with Gasteiger partial charge in [-0.25, -0.2) is 9.59 Å². The number of esters is 2. The van der Waals surface area contributed by atoms with E-state index in [4.69, 9.17) is 15.2 Å². The monoisotopic (exact) mass is 352 g/mol. The van der Waals surface area contributed by atoms with Crippen molar-refractivity contribution in [3.8, 4) is 0 Å². The van der Waals surface area contributed by atoms with Crippen LogP contribution in [0.2, 0.25) is 0 Å². The first-order valence-corrected chi connectivity index (χ1v) is 7.63. The number of nitrogens with two attached hydrogens (primary N) is 1. The first-order valence-electron chi connectivity index (χ1n) is 7.63. The van der Waals surface area contributed by atoms with E-state index in [1.54, 1.807) is 39.0 Å². The van der Waals surface area contributed by atoms with Crippen molar-refractivity contribution in [3.63, 3.8) is 0 Å². The van der Waals surface area contributed by atoms with Crippen molar-refractivity contribution in [2.75, 3.05) is 12.8 Å². The number of methoxy groups -OCH3 is 1. The fourth-order valence-electron chi connectivity index (χ4n) is 1.96. The van der Waals surface area contributed by atoms with Gasteiger partial charge in [-0.2, -0.15) is 0 Å². The van der Waals surface area contributed by atoms with E-state index in [0.29, 0.717) is 5.56 Å². The molecule has 0 spiro atoms. The van der Waals surface area contributed by atoms with Gasteiger partial charge < -0.3 is 25.3 Å². The van der Waals surface area contributed by atoms with Gasteiger partial charge >= 0.3 is 18.0 Å². The summed E-state index contributed by atoms with van der Waals surface area (Å²) in [6.45, 7) is 6.60. The average molecular weight is 352 g/mol. The highest BCUT2D eigenvalue weighted by Crippen LogP contribution is 2.26. The van der Waals surface area contributed by atoms with Crippen LogP contribution in [-0.4, -0.2) is 30.7 Å². The largest absolute Gasteiger partial charge is 0.466 e. The van der Waals surface area contributed by atoms with Gasteiger partial charge in [0.1, 0.15) is 5.60 Å². The Morgan fingerprint density at radius 1 is 1.24 bits per heavy atom. The van der Waals surface area contributed by atoms with Crippen LogP contribution in [0.25, 0.3) is 0 Å². The van der Waals surface area contributed by atoms with Crippen LogP contribution >= 0.6 is 0 Å². The molecule has 0 aliphatic rings. The molecule has 0 aromatic heterocycles. The lowest BCUT2D eigenvalue weighted by Crippen LogP contribution is -2.32. The number of hydrogen-bond donors (Lipinski definition) is 2. The summed E-state index contributed by atoms with van der Waals surface area (Å²) in [5.74, 6) is -1.40. The number of amides is 1. The highest BCUT2D eigenvalue weighted by Gasteiger charge is 2.27. The Labute approximate surface area is 146 Å². The number of benzene rings is 1. The molecule has 1 aromatic carbocycles. The van der Waals surface area contributed by atoms with E-state index in [1.165, 1.54) is 14.0 Å². The first kappa shape index (κ1) is 20.3. The van der Waals surface area contributed by atoms with Gasteiger partial charge in [0, 0.05) is 24.7 Å².